The van der Waals surface area contributed by atoms with Gasteiger partial charge in [0.25, 0.3) is 0 Å². The number of hydrogen-bond acceptors (Lipinski definition) is 6. The Morgan fingerprint density at radius 1 is 1.36 bits per heavy atom. The number of hydrogen-bond donors (Lipinski definition) is 0. The summed E-state index contributed by atoms with van der Waals surface area (Å²) in [6.45, 7) is 6.11. The first-order valence-electron chi connectivity index (χ1n) is 7.58. The van der Waals surface area contributed by atoms with Crippen LogP contribution in [0.3, 0.4) is 0 Å². The van der Waals surface area contributed by atoms with Gasteiger partial charge in [0.15, 0.2) is 17.2 Å². The number of benzene rings is 1. The maximum Gasteiger partial charge on any atom is 0.363 e. The third-order valence-electron chi connectivity index (χ3n) is 3.32. The van der Waals surface area contributed by atoms with Crippen LogP contribution in [0.5, 0.6) is 11.5 Å². The van der Waals surface area contributed by atoms with Gasteiger partial charge in [-0.15, -0.1) is 11.3 Å². The first-order valence-corrected chi connectivity index (χ1v) is 8.46. The summed E-state index contributed by atoms with van der Waals surface area (Å²) >= 11 is 1.47. The van der Waals surface area contributed by atoms with Crippen molar-refractivity contribution in [3.05, 3.63) is 64.0 Å². The summed E-state index contributed by atoms with van der Waals surface area (Å²) in [5, 5.41) is 1.90. The SMILES string of the molecule is C=C(C)COc1ccc(/C=C2\N=C(c3cccs3)OC2=O)cc1OC. The molecule has 0 saturated carbocycles. The summed E-state index contributed by atoms with van der Waals surface area (Å²) in [5.41, 5.74) is 1.93. The fourth-order valence-corrected chi connectivity index (χ4v) is 2.82. The molecule has 0 amide bonds. The summed E-state index contributed by atoms with van der Waals surface area (Å²) < 4.78 is 16.2. The lowest BCUT2D eigenvalue weighted by atomic mass is 10.1. The van der Waals surface area contributed by atoms with E-state index in [1.165, 1.54) is 11.3 Å². The molecule has 5 nitrogen and oxygen atoms in total. The van der Waals surface area contributed by atoms with Gasteiger partial charge >= 0.3 is 5.97 Å². The quantitative estimate of drug-likeness (QED) is 0.445. The van der Waals surface area contributed by atoms with Crippen LogP contribution in [0, 0.1) is 0 Å². The molecule has 1 aliphatic heterocycles. The minimum atomic E-state index is -0.468. The second-order valence-corrected chi connectivity index (χ2v) is 6.42. The highest BCUT2D eigenvalue weighted by molar-refractivity contribution is 7.12. The summed E-state index contributed by atoms with van der Waals surface area (Å²) in [5.74, 6) is 1.05. The zero-order chi connectivity index (χ0) is 17.8. The van der Waals surface area contributed by atoms with Crippen molar-refractivity contribution in [2.75, 3.05) is 13.7 Å². The van der Waals surface area contributed by atoms with Crippen LogP contribution in [0.4, 0.5) is 0 Å². The number of thiophene rings is 1. The summed E-state index contributed by atoms with van der Waals surface area (Å²) in [6, 6.07) is 9.14. The van der Waals surface area contributed by atoms with Crippen LogP contribution in [0.15, 0.2) is 58.6 Å². The molecule has 2 heterocycles. The molecule has 0 aliphatic carbocycles. The van der Waals surface area contributed by atoms with Crippen molar-refractivity contribution in [3.63, 3.8) is 0 Å². The van der Waals surface area contributed by atoms with Crippen molar-refractivity contribution in [2.24, 2.45) is 4.99 Å². The van der Waals surface area contributed by atoms with Crippen LogP contribution in [0.2, 0.25) is 0 Å². The van der Waals surface area contributed by atoms with Gasteiger partial charge in [-0.25, -0.2) is 9.79 Å². The van der Waals surface area contributed by atoms with Gasteiger partial charge in [-0.2, -0.15) is 0 Å². The first kappa shape index (κ1) is 17.0. The molecule has 0 unspecified atom stereocenters. The third kappa shape index (κ3) is 3.97. The molecule has 3 rings (SSSR count). The van der Waals surface area contributed by atoms with Gasteiger partial charge in [-0.3, -0.25) is 0 Å². The monoisotopic (exact) mass is 355 g/mol. The highest BCUT2D eigenvalue weighted by Gasteiger charge is 2.24. The van der Waals surface area contributed by atoms with E-state index in [0.29, 0.717) is 24.0 Å². The third-order valence-corrected chi connectivity index (χ3v) is 4.18. The predicted octanol–water partition coefficient (Wildman–Crippen LogP) is 4.06. The molecule has 0 fully saturated rings. The van der Waals surface area contributed by atoms with Crippen LogP contribution < -0.4 is 9.47 Å². The number of aliphatic imine (C=N–C) groups is 1. The lowest BCUT2D eigenvalue weighted by Gasteiger charge is -2.11. The lowest BCUT2D eigenvalue weighted by Crippen LogP contribution is -2.03. The van der Waals surface area contributed by atoms with E-state index in [1.807, 2.05) is 30.5 Å². The minimum Gasteiger partial charge on any atom is -0.493 e. The molecule has 0 radical (unpaired) electrons. The van der Waals surface area contributed by atoms with Gasteiger partial charge in [0.1, 0.15) is 6.61 Å². The van der Waals surface area contributed by atoms with Crippen molar-refractivity contribution < 1.29 is 19.0 Å². The second kappa shape index (κ2) is 7.36. The number of esters is 1. The summed E-state index contributed by atoms with van der Waals surface area (Å²) in [4.78, 5) is 17.1. The smallest absolute Gasteiger partial charge is 0.363 e. The summed E-state index contributed by atoms with van der Waals surface area (Å²) in [7, 11) is 1.57. The van der Waals surface area contributed by atoms with Crippen LogP contribution in [0.1, 0.15) is 17.4 Å². The van der Waals surface area contributed by atoms with Crippen LogP contribution in [-0.4, -0.2) is 25.6 Å². The fraction of sp³-hybridized carbons (Fsp3) is 0.158. The topological polar surface area (TPSA) is 57.1 Å². The molecule has 0 atom stereocenters. The summed E-state index contributed by atoms with van der Waals surface area (Å²) in [6.07, 6.45) is 1.66. The van der Waals surface area contributed by atoms with Crippen molar-refractivity contribution >= 4 is 29.3 Å². The maximum atomic E-state index is 12.0. The average molecular weight is 355 g/mol. The van der Waals surface area contributed by atoms with Gasteiger partial charge in [0.2, 0.25) is 5.90 Å². The van der Waals surface area contributed by atoms with E-state index in [4.69, 9.17) is 14.2 Å². The molecule has 0 N–H and O–H groups in total. The van der Waals surface area contributed by atoms with Crippen LogP contribution in [0.25, 0.3) is 6.08 Å². The fourth-order valence-electron chi connectivity index (χ4n) is 2.17. The number of carbonyl (C=O) groups excluding carboxylic acids is 1. The van der Waals surface area contributed by atoms with Gasteiger partial charge in [0, 0.05) is 0 Å². The average Bonchev–Trinajstić information content (AvgIpc) is 3.24. The zero-order valence-electron chi connectivity index (χ0n) is 13.9. The molecule has 25 heavy (non-hydrogen) atoms. The molecule has 1 aromatic heterocycles. The van der Waals surface area contributed by atoms with E-state index in [1.54, 1.807) is 25.3 Å². The molecule has 128 valence electrons. The van der Waals surface area contributed by atoms with E-state index in [9.17, 15) is 4.79 Å². The Morgan fingerprint density at radius 3 is 2.88 bits per heavy atom. The lowest BCUT2D eigenvalue weighted by molar-refractivity contribution is -0.129. The Morgan fingerprint density at radius 2 is 2.20 bits per heavy atom. The molecule has 1 aliphatic rings. The van der Waals surface area contributed by atoms with Gasteiger partial charge in [-0.1, -0.05) is 18.7 Å². The normalized spacial score (nSPS) is 15.0. The van der Waals surface area contributed by atoms with E-state index >= 15 is 0 Å². The Hall–Kier alpha value is -2.86. The molecule has 6 heteroatoms. The Balaban J connectivity index is 1.85. The number of methoxy groups -OCH3 is 1. The maximum absolute atomic E-state index is 12.0. The molecule has 1 aromatic carbocycles. The highest BCUT2D eigenvalue weighted by Crippen LogP contribution is 2.30. The zero-order valence-corrected chi connectivity index (χ0v) is 14.8. The van der Waals surface area contributed by atoms with Gasteiger partial charge in [0.05, 0.1) is 12.0 Å². The highest BCUT2D eigenvalue weighted by atomic mass is 32.1. The number of carbonyl (C=O) groups is 1. The number of ether oxygens (including phenoxy) is 3. The molecular formula is C19H17NO4S. The van der Waals surface area contributed by atoms with Crippen LogP contribution >= 0.6 is 11.3 Å². The number of rotatable bonds is 6. The molecule has 0 spiro atoms. The van der Waals surface area contributed by atoms with Crippen molar-refractivity contribution in [2.45, 2.75) is 6.92 Å². The largest absolute Gasteiger partial charge is 0.493 e. The van der Waals surface area contributed by atoms with Gasteiger partial charge < -0.3 is 14.2 Å². The standard InChI is InChI=1S/C19H17NO4S/c1-12(2)11-23-15-7-6-13(10-16(15)22-3)9-14-19(21)24-18(20-14)17-5-4-8-25-17/h4-10H,1,11H2,2-3H3/b14-9-. The second-order valence-electron chi connectivity index (χ2n) is 5.47. The number of nitrogens with zero attached hydrogens (tertiary/aromatic N) is 1. The first-order chi connectivity index (χ1) is 12.1. The number of cyclic esters (lactones) is 1. The Kier molecular flexibility index (Phi) is 5.00. The van der Waals surface area contributed by atoms with Gasteiger partial charge in [-0.05, 0) is 47.7 Å². The van der Waals surface area contributed by atoms with Crippen molar-refractivity contribution in [1.82, 2.24) is 0 Å². The van der Waals surface area contributed by atoms with Crippen molar-refractivity contribution in [1.29, 1.82) is 0 Å². The molecular weight excluding hydrogens is 338 g/mol. The van der Waals surface area contributed by atoms with E-state index in [2.05, 4.69) is 11.6 Å². The predicted molar refractivity (Wildman–Crippen MR) is 98.2 cm³/mol. The molecule has 0 saturated heterocycles. The van der Waals surface area contributed by atoms with Crippen molar-refractivity contribution in [3.8, 4) is 11.5 Å². The Bertz CT molecular complexity index is 866. The molecule has 2 aromatic rings. The van der Waals surface area contributed by atoms with E-state index in [-0.39, 0.29) is 5.70 Å². The van der Waals surface area contributed by atoms with E-state index in [0.717, 1.165) is 16.0 Å². The minimum absolute atomic E-state index is 0.251. The molecule has 0 bridgehead atoms. The van der Waals surface area contributed by atoms with Crippen LogP contribution in [-0.2, 0) is 9.53 Å². The van der Waals surface area contributed by atoms with E-state index < -0.39 is 5.97 Å². The Labute approximate surface area is 149 Å².